The van der Waals surface area contributed by atoms with Gasteiger partial charge >= 0.3 is 0 Å². The fraction of sp³-hybridized carbons (Fsp3) is 0.600. The number of hydrogen-bond donors (Lipinski definition) is 0. The molecule has 0 N–H and O–H groups in total. The van der Waals surface area contributed by atoms with Crippen LogP contribution in [0.3, 0.4) is 0 Å². The fourth-order valence-corrected chi connectivity index (χ4v) is 1.91. The Morgan fingerprint density at radius 1 is 1.29 bits per heavy atom. The third-order valence-electron chi connectivity index (χ3n) is 2.89. The summed E-state index contributed by atoms with van der Waals surface area (Å²) in [6, 6.07) is 6.46. The molecule has 17 heavy (non-hydrogen) atoms. The molecule has 1 aliphatic rings. The molecule has 1 aromatic rings. The average Bonchev–Trinajstić information content (AvgIpc) is 3.11. The van der Waals surface area contributed by atoms with Crippen LogP contribution in [0, 0.1) is 0 Å². The van der Waals surface area contributed by atoms with Gasteiger partial charge in [0, 0.05) is 0 Å². The molecule has 2 rings (SSSR count). The second kappa shape index (κ2) is 6.65. The van der Waals surface area contributed by atoms with Gasteiger partial charge in [-0.1, -0.05) is 45.9 Å². The first-order chi connectivity index (χ1) is 7.85. The second-order valence-electron chi connectivity index (χ2n) is 4.28. The maximum Gasteiger partial charge on any atom is 0.125 e. The molecular formula is C15H24O2. The molecule has 0 aliphatic carbocycles. The van der Waals surface area contributed by atoms with E-state index in [2.05, 4.69) is 32.0 Å². The number of benzene rings is 1. The molecule has 0 bridgehead atoms. The highest BCUT2D eigenvalue weighted by Gasteiger charge is 2.23. The van der Waals surface area contributed by atoms with E-state index in [0.29, 0.717) is 12.7 Å². The van der Waals surface area contributed by atoms with Gasteiger partial charge in [-0.05, 0) is 24.0 Å². The molecule has 0 aromatic heterocycles. The van der Waals surface area contributed by atoms with Gasteiger partial charge in [0.25, 0.3) is 0 Å². The lowest BCUT2D eigenvalue weighted by Gasteiger charge is -2.14. The van der Waals surface area contributed by atoms with Crippen molar-refractivity contribution in [1.82, 2.24) is 0 Å². The Balaban J connectivity index is 0.00000144. The third kappa shape index (κ3) is 3.74. The fourth-order valence-electron chi connectivity index (χ4n) is 1.91. The summed E-state index contributed by atoms with van der Waals surface area (Å²) in [6.45, 7) is 5.93. The molecule has 0 spiro atoms. The standard InChI is InChI=1S/C14H20O2.CH4/c1-3-6-12-8-5-7-11(4-2)14(12)16-10-13-9-15-13;/h5,7-8,13H,3-4,6,9-10H2,1-2H3;1H4. The molecule has 2 nitrogen and oxygen atoms in total. The molecule has 0 saturated carbocycles. The predicted molar refractivity (Wildman–Crippen MR) is 71.8 cm³/mol. The lowest BCUT2D eigenvalue weighted by atomic mass is 10.0. The van der Waals surface area contributed by atoms with E-state index in [0.717, 1.165) is 31.6 Å². The monoisotopic (exact) mass is 236 g/mol. The highest BCUT2D eigenvalue weighted by Crippen LogP contribution is 2.27. The summed E-state index contributed by atoms with van der Waals surface area (Å²) in [6.07, 6.45) is 3.61. The van der Waals surface area contributed by atoms with Crippen LogP contribution in [0.5, 0.6) is 5.75 Å². The molecule has 0 radical (unpaired) electrons. The predicted octanol–water partition coefficient (Wildman–Crippen LogP) is 3.62. The van der Waals surface area contributed by atoms with Crippen LogP contribution in [0.1, 0.15) is 38.8 Å². The zero-order valence-electron chi connectivity index (χ0n) is 10.2. The minimum Gasteiger partial charge on any atom is -0.490 e. The summed E-state index contributed by atoms with van der Waals surface area (Å²) >= 11 is 0. The van der Waals surface area contributed by atoms with E-state index in [1.807, 2.05) is 0 Å². The Hall–Kier alpha value is -1.02. The normalized spacial score (nSPS) is 17.4. The van der Waals surface area contributed by atoms with Crippen molar-refractivity contribution in [3.8, 4) is 5.75 Å². The van der Waals surface area contributed by atoms with Crippen LogP contribution >= 0.6 is 0 Å². The lowest BCUT2D eigenvalue weighted by Crippen LogP contribution is -2.08. The highest BCUT2D eigenvalue weighted by atomic mass is 16.6. The van der Waals surface area contributed by atoms with Crippen molar-refractivity contribution in [2.75, 3.05) is 13.2 Å². The molecule has 1 heterocycles. The van der Waals surface area contributed by atoms with E-state index in [9.17, 15) is 0 Å². The van der Waals surface area contributed by atoms with Gasteiger partial charge in [0.05, 0.1) is 6.61 Å². The van der Waals surface area contributed by atoms with Crippen LogP contribution in [0.15, 0.2) is 18.2 Å². The van der Waals surface area contributed by atoms with Crippen LogP contribution in [0.2, 0.25) is 0 Å². The Morgan fingerprint density at radius 3 is 2.59 bits per heavy atom. The molecule has 96 valence electrons. The van der Waals surface area contributed by atoms with Gasteiger partial charge in [0.15, 0.2) is 0 Å². The first-order valence-corrected chi connectivity index (χ1v) is 6.20. The number of para-hydroxylation sites is 1. The Bertz CT molecular complexity index is 343. The topological polar surface area (TPSA) is 21.8 Å². The van der Waals surface area contributed by atoms with Crippen molar-refractivity contribution in [2.24, 2.45) is 0 Å². The summed E-state index contributed by atoms with van der Waals surface area (Å²) in [5, 5.41) is 0. The summed E-state index contributed by atoms with van der Waals surface area (Å²) in [7, 11) is 0. The van der Waals surface area contributed by atoms with Crippen molar-refractivity contribution < 1.29 is 9.47 Å². The van der Waals surface area contributed by atoms with E-state index >= 15 is 0 Å². The zero-order valence-corrected chi connectivity index (χ0v) is 10.2. The molecule has 1 unspecified atom stereocenters. The average molecular weight is 236 g/mol. The van der Waals surface area contributed by atoms with Crippen molar-refractivity contribution in [1.29, 1.82) is 0 Å². The summed E-state index contributed by atoms with van der Waals surface area (Å²) in [4.78, 5) is 0. The molecule has 1 saturated heterocycles. The first-order valence-electron chi connectivity index (χ1n) is 6.20. The van der Waals surface area contributed by atoms with Crippen molar-refractivity contribution >= 4 is 0 Å². The van der Waals surface area contributed by atoms with Crippen LogP contribution in [-0.2, 0) is 17.6 Å². The Morgan fingerprint density at radius 2 is 2.00 bits per heavy atom. The molecule has 1 fully saturated rings. The SMILES string of the molecule is C.CCCc1cccc(CC)c1OCC1CO1. The van der Waals surface area contributed by atoms with Gasteiger partial charge in [-0.15, -0.1) is 0 Å². The molecule has 0 amide bonds. The smallest absolute Gasteiger partial charge is 0.125 e. The van der Waals surface area contributed by atoms with Crippen LogP contribution in [-0.4, -0.2) is 19.3 Å². The van der Waals surface area contributed by atoms with Crippen molar-refractivity contribution in [3.63, 3.8) is 0 Å². The second-order valence-corrected chi connectivity index (χ2v) is 4.28. The molecular weight excluding hydrogens is 212 g/mol. The maximum atomic E-state index is 5.91. The van der Waals surface area contributed by atoms with E-state index in [4.69, 9.17) is 9.47 Å². The van der Waals surface area contributed by atoms with Gasteiger partial charge in [-0.2, -0.15) is 0 Å². The van der Waals surface area contributed by atoms with Crippen LogP contribution < -0.4 is 4.74 Å². The van der Waals surface area contributed by atoms with E-state index in [1.54, 1.807) is 0 Å². The van der Waals surface area contributed by atoms with Gasteiger partial charge in [0.1, 0.15) is 18.5 Å². The molecule has 1 atom stereocenters. The number of hydrogen-bond acceptors (Lipinski definition) is 2. The number of ether oxygens (including phenoxy) is 2. The van der Waals surface area contributed by atoms with Crippen molar-refractivity contribution in [3.05, 3.63) is 29.3 Å². The zero-order chi connectivity index (χ0) is 11.4. The maximum absolute atomic E-state index is 5.91. The highest BCUT2D eigenvalue weighted by molar-refractivity contribution is 5.41. The Labute approximate surface area is 105 Å². The number of rotatable bonds is 6. The molecule has 2 heteroatoms. The summed E-state index contributed by atoms with van der Waals surface area (Å²) in [5.74, 6) is 1.10. The van der Waals surface area contributed by atoms with Crippen LogP contribution in [0.4, 0.5) is 0 Å². The summed E-state index contributed by atoms with van der Waals surface area (Å²) < 4.78 is 11.1. The molecule has 1 aromatic carbocycles. The van der Waals surface area contributed by atoms with Gasteiger partial charge in [-0.3, -0.25) is 0 Å². The minimum absolute atomic E-state index is 0. The Kier molecular flexibility index (Phi) is 5.49. The number of aryl methyl sites for hydroxylation is 2. The van der Waals surface area contributed by atoms with Gasteiger partial charge in [0.2, 0.25) is 0 Å². The van der Waals surface area contributed by atoms with E-state index < -0.39 is 0 Å². The van der Waals surface area contributed by atoms with E-state index in [1.165, 1.54) is 11.1 Å². The largest absolute Gasteiger partial charge is 0.490 e. The van der Waals surface area contributed by atoms with E-state index in [-0.39, 0.29) is 7.43 Å². The summed E-state index contributed by atoms with van der Waals surface area (Å²) in [5.41, 5.74) is 2.65. The third-order valence-corrected chi connectivity index (χ3v) is 2.89. The van der Waals surface area contributed by atoms with Crippen LogP contribution in [0.25, 0.3) is 0 Å². The number of epoxide rings is 1. The van der Waals surface area contributed by atoms with Gasteiger partial charge < -0.3 is 9.47 Å². The van der Waals surface area contributed by atoms with Gasteiger partial charge in [-0.25, -0.2) is 0 Å². The first kappa shape index (κ1) is 14.0. The lowest BCUT2D eigenvalue weighted by molar-refractivity contribution is 0.259. The van der Waals surface area contributed by atoms with Crippen molar-refractivity contribution in [2.45, 2.75) is 46.6 Å². The minimum atomic E-state index is 0. The molecule has 1 aliphatic heterocycles. The quantitative estimate of drug-likeness (QED) is 0.704.